The van der Waals surface area contributed by atoms with E-state index in [1.165, 1.54) is 43.7 Å². The van der Waals surface area contributed by atoms with Gasteiger partial charge in [0.25, 0.3) is 0 Å². The smallest absolute Gasteiger partial charge is 0.157 e. The summed E-state index contributed by atoms with van der Waals surface area (Å²) in [6.07, 6.45) is 8.24. The van der Waals surface area contributed by atoms with Crippen LogP contribution in [0.1, 0.15) is 59.3 Å². The highest BCUT2D eigenvalue weighted by Gasteiger charge is 2.29. The number of nitrogens with one attached hydrogen (secondary N) is 1. The first kappa shape index (κ1) is 13.3. The van der Waals surface area contributed by atoms with Crippen LogP contribution in [0.15, 0.2) is 4.99 Å². The van der Waals surface area contributed by atoms with Gasteiger partial charge < -0.3 is 5.32 Å². The molecule has 0 aromatic carbocycles. The summed E-state index contributed by atoms with van der Waals surface area (Å²) in [6.45, 7) is 6.79. The lowest BCUT2D eigenvalue weighted by atomic mass is 9.83. The Hall–Kier alpha value is -0.180. The van der Waals surface area contributed by atoms with E-state index in [4.69, 9.17) is 4.99 Å². The van der Waals surface area contributed by atoms with Crippen molar-refractivity contribution in [1.29, 1.82) is 0 Å². The van der Waals surface area contributed by atoms with Crippen molar-refractivity contribution >= 4 is 16.9 Å². The summed E-state index contributed by atoms with van der Waals surface area (Å²) in [4.78, 5) is 4.98. The zero-order valence-corrected chi connectivity index (χ0v) is 12.3. The normalized spacial score (nSPS) is 29.2. The van der Waals surface area contributed by atoms with Gasteiger partial charge in [-0.1, -0.05) is 37.9 Å². The van der Waals surface area contributed by atoms with Gasteiger partial charge in [-0.15, -0.1) is 0 Å². The molecule has 98 valence electrons. The van der Waals surface area contributed by atoms with Gasteiger partial charge in [0, 0.05) is 11.3 Å². The molecule has 1 unspecified atom stereocenters. The molecule has 3 heteroatoms. The van der Waals surface area contributed by atoms with Gasteiger partial charge >= 0.3 is 0 Å². The van der Waals surface area contributed by atoms with E-state index >= 15 is 0 Å². The van der Waals surface area contributed by atoms with Crippen LogP contribution >= 0.6 is 11.8 Å². The number of hydrogen-bond acceptors (Lipinski definition) is 2. The molecule has 1 aliphatic heterocycles. The molecule has 0 radical (unpaired) electrons. The molecular weight excluding hydrogens is 228 g/mol. The average Bonchev–Trinajstić information content (AvgIpc) is 2.67. The number of nitrogens with zero attached hydrogens (tertiary/aromatic N) is 1. The molecule has 0 bridgehead atoms. The van der Waals surface area contributed by atoms with Crippen LogP contribution in [0.5, 0.6) is 0 Å². The molecule has 0 aromatic rings. The molecule has 2 rings (SSSR count). The first-order valence-electron chi connectivity index (χ1n) is 7.09. The van der Waals surface area contributed by atoms with E-state index < -0.39 is 0 Å². The lowest BCUT2D eigenvalue weighted by molar-refractivity contribution is 0.301. The SMILES string of the molecule is CCC(N=C1NC(C)(C)CS1)C1CCCCC1. The maximum absolute atomic E-state index is 4.98. The third kappa shape index (κ3) is 3.64. The molecule has 17 heavy (non-hydrogen) atoms. The molecule has 1 N–H and O–H groups in total. The number of rotatable bonds is 3. The van der Waals surface area contributed by atoms with Gasteiger partial charge in [-0.2, -0.15) is 0 Å². The molecule has 2 nitrogen and oxygen atoms in total. The summed E-state index contributed by atoms with van der Waals surface area (Å²) < 4.78 is 0. The highest BCUT2D eigenvalue weighted by atomic mass is 32.2. The Bertz CT molecular complexity index is 280. The maximum atomic E-state index is 4.98. The zero-order valence-electron chi connectivity index (χ0n) is 11.5. The Morgan fingerprint density at radius 3 is 2.59 bits per heavy atom. The van der Waals surface area contributed by atoms with Crippen molar-refractivity contribution in [2.24, 2.45) is 10.9 Å². The topological polar surface area (TPSA) is 24.4 Å². The maximum Gasteiger partial charge on any atom is 0.157 e. The van der Waals surface area contributed by atoms with Gasteiger partial charge in [0.1, 0.15) is 0 Å². The van der Waals surface area contributed by atoms with Crippen molar-refractivity contribution < 1.29 is 0 Å². The highest BCUT2D eigenvalue weighted by molar-refractivity contribution is 8.14. The second-order valence-electron chi connectivity index (χ2n) is 6.11. The van der Waals surface area contributed by atoms with Gasteiger partial charge in [-0.25, -0.2) is 0 Å². The summed E-state index contributed by atoms with van der Waals surface area (Å²) in [5, 5.41) is 4.73. The van der Waals surface area contributed by atoms with E-state index in [1.54, 1.807) is 0 Å². The fraction of sp³-hybridized carbons (Fsp3) is 0.929. The van der Waals surface area contributed by atoms with Crippen molar-refractivity contribution in [3.63, 3.8) is 0 Å². The number of aliphatic imine (C=N–C) groups is 1. The molecular formula is C14H26N2S. The average molecular weight is 254 g/mol. The number of amidine groups is 1. The summed E-state index contributed by atoms with van der Waals surface area (Å²) in [5.74, 6) is 1.99. The Morgan fingerprint density at radius 1 is 1.35 bits per heavy atom. The van der Waals surface area contributed by atoms with Crippen molar-refractivity contribution in [2.45, 2.75) is 70.9 Å². The van der Waals surface area contributed by atoms with Crippen LogP contribution in [0.25, 0.3) is 0 Å². The third-order valence-corrected chi connectivity index (χ3v) is 5.26. The first-order valence-corrected chi connectivity index (χ1v) is 8.08. The number of hydrogen-bond donors (Lipinski definition) is 1. The lowest BCUT2D eigenvalue weighted by Crippen LogP contribution is -2.37. The molecule has 2 fully saturated rings. The van der Waals surface area contributed by atoms with Gasteiger partial charge in [0.05, 0.1) is 6.04 Å². The molecule has 1 saturated heterocycles. The minimum atomic E-state index is 0.231. The van der Waals surface area contributed by atoms with Crippen LogP contribution in [0, 0.1) is 5.92 Å². The standard InChI is InChI=1S/C14H26N2S/c1-4-12(11-8-6-5-7-9-11)15-13-16-14(2,3)10-17-13/h11-12H,4-10H2,1-3H3,(H,15,16). The largest absolute Gasteiger partial charge is 0.359 e. The summed E-state index contributed by atoms with van der Waals surface area (Å²) in [6, 6.07) is 0.555. The minimum absolute atomic E-state index is 0.231. The molecule has 0 amide bonds. The molecule has 0 spiro atoms. The van der Waals surface area contributed by atoms with E-state index in [0.29, 0.717) is 6.04 Å². The minimum Gasteiger partial charge on any atom is -0.359 e. The number of thioether (sulfide) groups is 1. The van der Waals surface area contributed by atoms with Crippen molar-refractivity contribution in [1.82, 2.24) is 5.32 Å². The van der Waals surface area contributed by atoms with E-state index in [0.717, 1.165) is 11.7 Å². The van der Waals surface area contributed by atoms with Gasteiger partial charge in [0.15, 0.2) is 5.17 Å². The third-order valence-electron chi connectivity index (χ3n) is 3.91. The second kappa shape index (κ2) is 5.64. The second-order valence-corrected chi connectivity index (χ2v) is 7.07. The molecule has 1 saturated carbocycles. The van der Waals surface area contributed by atoms with Crippen LogP contribution in [-0.2, 0) is 0 Å². The Balaban J connectivity index is 1.96. The summed E-state index contributed by atoms with van der Waals surface area (Å²) in [5.41, 5.74) is 0.231. The van der Waals surface area contributed by atoms with Crippen LogP contribution < -0.4 is 5.32 Å². The molecule has 2 aliphatic rings. The van der Waals surface area contributed by atoms with Gasteiger partial charge in [-0.3, -0.25) is 4.99 Å². The Morgan fingerprint density at radius 2 is 2.06 bits per heavy atom. The monoisotopic (exact) mass is 254 g/mol. The quantitative estimate of drug-likeness (QED) is 0.828. The van der Waals surface area contributed by atoms with Crippen molar-refractivity contribution in [2.75, 3.05) is 5.75 Å². The molecule has 1 atom stereocenters. The van der Waals surface area contributed by atoms with Crippen LogP contribution in [-0.4, -0.2) is 22.5 Å². The van der Waals surface area contributed by atoms with Gasteiger partial charge in [0.2, 0.25) is 0 Å². The predicted octanol–water partition coefficient (Wildman–Crippen LogP) is 3.82. The fourth-order valence-electron chi connectivity index (χ4n) is 2.88. The van der Waals surface area contributed by atoms with Crippen molar-refractivity contribution in [3.05, 3.63) is 0 Å². The van der Waals surface area contributed by atoms with Gasteiger partial charge in [-0.05, 0) is 39.0 Å². The fourth-order valence-corrected chi connectivity index (χ4v) is 4.01. The Labute approximate surface area is 110 Å². The van der Waals surface area contributed by atoms with Crippen LogP contribution in [0.4, 0.5) is 0 Å². The highest BCUT2D eigenvalue weighted by Crippen LogP contribution is 2.31. The van der Waals surface area contributed by atoms with E-state index in [1.807, 2.05) is 11.8 Å². The van der Waals surface area contributed by atoms with Crippen LogP contribution in [0.3, 0.4) is 0 Å². The summed E-state index contributed by atoms with van der Waals surface area (Å²) >= 11 is 1.90. The van der Waals surface area contributed by atoms with E-state index in [-0.39, 0.29) is 5.54 Å². The first-order chi connectivity index (χ1) is 8.11. The van der Waals surface area contributed by atoms with Crippen molar-refractivity contribution in [3.8, 4) is 0 Å². The zero-order chi connectivity index (χ0) is 12.3. The molecule has 1 heterocycles. The lowest BCUT2D eigenvalue weighted by Gasteiger charge is -2.27. The predicted molar refractivity (Wildman–Crippen MR) is 77.8 cm³/mol. The van der Waals surface area contributed by atoms with E-state index in [2.05, 4.69) is 26.1 Å². The summed E-state index contributed by atoms with van der Waals surface area (Å²) in [7, 11) is 0. The molecule has 0 aromatic heterocycles. The molecule has 1 aliphatic carbocycles. The Kier molecular flexibility index (Phi) is 4.40. The van der Waals surface area contributed by atoms with Crippen LogP contribution in [0.2, 0.25) is 0 Å². The van der Waals surface area contributed by atoms with E-state index in [9.17, 15) is 0 Å².